The first-order valence-corrected chi connectivity index (χ1v) is 6.62. The summed E-state index contributed by atoms with van der Waals surface area (Å²) in [7, 11) is 1.66. The molecule has 0 saturated carbocycles. The average Bonchev–Trinajstić information content (AvgIpc) is 2.39. The fourth-order valence-electron chi connectivity index (χ4n) is 1.58. The fourth-order valence-corrected chi connectivity index (χ4v) is 1.58. The molecule has 1 rings (SSSR count). The highest BCUT2D eigenvalue weighted by molar-refractivity contribution is 5.54. The molecule has 0 aliphatic carbocycles. The summed E-state index contributed by atoms with van der Waals surface area (Å²) in [4.78, 5) is 8.75. The van der Waals surface area contributed by atoms with E-state index in [0.717, 1.165) is 30.0 Å². The maximum Gasteiger partial charge on any atom is 0.134 e. The smallest absolute Gasteiger partial charge is 0.134 e. The van der Waals surface area contributed by atoms with Crippen molar-refractivity contribution in [1.82, 2.24) is 9.97 Å². The van der Waals surface area contributed by atoms with Crippen molar-refractivity contribution in [2.45, 2.75) is 26.7 Å². The van der Waals surface area contributed by atoms with Crippen molar-refractivity contribution in [1.29, 1.82) is 0 Å². The van der Waals surface area contributed by atoms with Crippen molar-refractivity contribution in [3.8, 4) is 0 Å². The summed E-state index contributed by atoms with van der Waals surface area (Å²) in [5.41, 5.74) is 6.77. The van der Waals surface area contributed by atoms with E-state index in [-0.39, 0.29) is 0 Å². The summed E-state index contributed by atoms with van der Waals surface area (Å²) in [6, 6.07) is 0. The molecule has 1 aromatic rings. The Morgan fingerprint density at radius 3 is 2.68 bits per heavy atom. The number of anilines is 2. The average molecular weight is 268 g/mol. The van der Waals surface area contributed by atoms with Gasteiger partial charge < -0.3 is 20.5 Å². The van der Waals surface area contributed by atoms with Gasteiger partial charge in [0, 0.05) is 25.6 Å². The Labute approximate surface area is 114 Å². The van der Waals surface area contributed by atoms with E-state index in [4.69, 9.17) is 15.2 Å². The number of nitrogens with zero attached hydrogens (tertiary/aromatic N) is 2. The molecule has 0 atom stereocenters. The number of nitrogens with two attached hydrogens (primary N) is 1. The first-order valence-electron chi connectivity index (χ1n) is 6.62. The van der Waals surface area contributed by atoms with Crippen LogP contribution in [-0.4, -0.2) is 43.4 Å². The molecule has 6 nitrogen and oxygen atoms in total. The van der Waals surface area contributed by atoms with Crippen LogP contribution in [0.2, 0.25) is 0 Å². The van der Waals surface area contributed by atoms with Gasteiger partial charge in [0.1, 0.15) is 17.5 Å². The molecule has 0 aromatic carbocycles. The zero-order chi connectivity index (χ0) is 14.1. The van der Waals surface area contributed by atoms with Crippen LogP contribution in [0.15, 0.2) is 0 Å². The topological polar surface area (TPSA) is 82.3 Å². The molecule has 0 saturated heterocycles. The molecule has 0 bridgehead atoms. The molecule has 0 unspecified atom stereocenters. The van der Waals surface area contributed by atoms with E-state index in [1.54, 1.807) is 7.11 Å². The quantitative estimate of drug-likeness (QED) is 0.659. The van der Waals surface area contributed by atoms with E-state index >= 15 is 0 Å². The number of aromatic nitrogens is 2. The van der Waals surface area contributed by atoms with Gasteiger partial charge >= 0.3 is 0 Å². The second-order valence-electron chi connectivity index (χ2n) is 4.28. The van der Waals surface area contributed by atoms with Gasteiger partial charge in [0.25, 0.3) is 0 Å². The monoisotopic (exact) mass is 268 g/mol. The van der Waals surface area contributed by atoms with Gasteiger partial charge in [-0.2, -0.15) is 0 Å². The first kappa shape index (κ1) is 15.7. The Balaban J connectivity index is 2.47. The number of rotatable bonds is 9. The third kappa shape index (κ3) is 5.40. The molecular weight excluding hydrogens is 244 g/mol. The normalized spacial score (nSPS) is 10.7. The molecular formula is C13H24N4O2. The van der Waals surface area contributed by atoms with E-state index in [1.807, 2.05) is 6.92 Å². The van der Waals surface area contributed by atoms with Crippen LogP contribution in [0.3, 0.4) is 0 Å². The largest absolute Gasteiger partial charge is 0.383 e. The van der Waals surface area contributed by atoms with Crippen molar-refractivity contribution >= 4 is 11.6 Å². The Bertz CT molecular complexity index is 385. The molecule has 0 aliphatic heterocycles. The molecule has 0 spiro atoms. The van der Waals surface area contributed by atoms with Crippen LogP contribution < -0.4 is 11.1 Å². The zero-order valence-corrected chi connectivity index (χ0v) is 12.0. The number of nitrogens with one attached hydrogen (secondary N) is 1. The number of hydrogen-bond donors (Lipinski definition) is 2. The second kappa shape index (κ2) is 8.66. The third-order valence-electron chi connectivity index (χ3n) is 2.67. The second-order valence-corrected chi connectivity index (χ2v) is 4.28. The standard InChI is InChI=1S/C13H24N4O2/c1-4-5-11-16-12(14)10(2)13(17-11)15-6-7-19-9-8-18-3/h4-9H2,1-3H3,(H3,14,15,16,17). The third-order valence-corrected chi connectivity index (χ3v) is 2.67. The van der Waals surface area contributed by atoms with Gasteiger partial charge in [0.15, 0.2) is 0 Å². The lowest BCUT2D eigenvalue weighted by molar-refractivity contribution is 0.0759. The predicted molar refractivity (Wildman–Crippen MR) is 76.4 cm³/mol. The number of methoxy groups -OCH3 is 1. The molecule has 0 amide bonds. The summed E-state index contributed by atoms with van der Waals surface area (Å²) in [6.07, 6.45) is 1.84. The highest BCUT2D eigenvalue weighted by atomic mass is 16.5. The minimum Gasteiger partial charge on any atom is -0.383 e. The van der Waals surface area contributed by atoms with Crippen LogP contribution in [-0.2, 0) is 15.9 Å². The minimum atomic E-state index is 0.543. The molecule has 0 aliphatic rings. The van der Waals surface area contributed by atoms with Crippen molar-refractivity contribution < 1.29 is 9.47 Å². The Morgan fingerprint density at radius 1 is 1.21 bits per heavy atom. The fraction of sp³-hybridized carbons (Fsp3) is 0.692. The minimum absolute atomic E-state index is 0.543. The molecule has 0 radical (unpaired) electrons. The lowest BCUT2D eigenvalue weighted by atomic mass is 10.2. The maximum atomic E-state index is 5.88. The highest BCUT2D eigenvalue weighted by Gasteiger charge is 2.07. The van der Waals surface area contributed by atoms with Crippen LogP contribution in [0, 0.1) is 6.92 Å². The molecule has 108 valence electrons. The SMILES string of the molecule is CCCc1nc(N)c(C)c(NCCOCCOC)n1. The van der Waals surface area contributed by atoms with Crippen LogP contribution in [0.1, 0.15) is 24.7 Å². The summed E-state index contributed by atoms with van der Waals surface area (Å²) < 4.78 is 10.3. The highest BCUT2D eigenvalue weighted by Crippen LogP contribution is 2.17. The van der Waals surface area contributed by atoms with Crippen molar-refractivity contribution in [3.63, 3.8) is 0 Å². The Hall–Kier alpha value is -1.40. The molecule has 1 heterocycles. The summed E-state index contributed by atoms with van der Waals surface area (Å²) >= 11 is 0. The molecule has 1 aromatic heterocycles. The van der Waals surface area contributed by atoms with Crippen LogP contribution in [0.5, 0.6) is 0 Å². The van der Waals surface area contributed by atoms with Gasteiger partial charge in [-0.25, -0.2) is 9.97 Å². The van der Waals surface area contributed by atoms with Gasteiger partial charge in [0.2, 0.25) is 0 Å². The van der Waals surface area contributed by atoms with E-state index in [0.29, 0.717) is 32.2 Å². The van der Waals surface area contributed by atoms with E-state index in [1.165, 1.54) is 0 Å². The molecule has 0 fully saturated rings. The van der Waals surface area contributed by atoms with Crippen LogP contribution in [0.4, 0.5) is 11.6 Å². The summed E-state index contributed by atoms with van der Waals surface area (Å²) in [6.45, 7) is 6.52. The first-order chi connectivity index (χ1) is 9.19. The van der Waals surface area contributed by atoms with Gasteiger partial charge in [-0.1, -0.05) is 6.92 Å². The zero-order valence-electron chi connectivity index (χ0n) is 12.0. The Morgan fingerprint density at radius 2 is 2.00 bits per heavy atom. The van der Waals surface area contributed by atoms with E-state index in [2.05, 4.69) is 22.2 Å². The summed E-state index contributed by atoms with van der Waals surface area (Å²) in [5, 5.41) is 3.23. The molecule has 6 heteroatoms. The van der Waals surface area contributed by atoms with Crippen LogP contribution >= 0.6 is 0 Å². The molecule has 3 N–H and O–H groups in total. The number of nitrogen functional groups attached to an aromatic ring is 1. The van der Waals surface area contributed by atoms with Crippen LogP contribution in [0.25, 0.3) is 0 Å². The van der Waals surface area contributed by atoms with Crippen molar-refractivity contribution in [2.75, 3.05) is 44.5 Å². The number of hydrogen-bond acceptors (Lipinski definition) is 6. The number of aryl methyl sites for hydroxylation is 1. The van der Waals surface area contributed by atoms with Crippen molar-refractivity contribution in [3.05, 3.63) is 11.4 Å². The van der Waals surface area contributed by atoms with E-state index in [9.17, 15) is 0 Å². The number of ether oxygens (including phenoxy) is 2. The van der Waals surface area contributed by atoms with Gasteiger partial charge in [-0.05, 0) is 13.3 Å². The lowest BCUT2D eigenvalue weighted by Crippen LogP contribution is -2.15. The van der Waals surface area contributed by atoms with Gasteiger partial charge in [-0.15, -0.1) is 0 Å². The molecule has 19 heavy (non-hydrogen) atoms. The maximum absolute atomic E-state index is 5.88. The van der Waals surface area contributed by atoms with Gasteiger partial charge in [-0.3, -0.25) is 0 Å². The van der Waals surface area contributed by atoms with E-state index < -0.39 is 0 Å². The summed E-state index contributed by atoms with van der Waals surface area (Å²) in [5.74, 6) is 2.13. The Kier molecular flexibility index (Phi) is 7.14. The lowest BCUT2D eigenvalue weighted by Gasteiger charge is -2.12. The predicted octanol–water partition coefficient (Wildman–Crippen LogP) is 1.39. The van der Waals surface area contributed by atoms with Crippen molar-refractivity contribution in [2.24, 2.45) is 0 Å². The van der Waals surface area contributed by atoms with Gasteiger partial charge in [0.05, 0.1) is 19.8 Å².